The Bertz CT molecular complexity index is 443. The highest BCUT2D eigenvalue weighted by Gasteiger charge is 2.29. The molecule has 0 spiro atoms. The van der Waals surface area contributed by atoms with Crippen LogP contribution in [0.5, 0.6) is 0 Å². The summed E-state index contributed by atoms with van der Waals surface area (Å²) in [5.41, 5.74) is -0.0133. The summed E-state index contributed by atoms with van der Waals surface area (Å²) in [5.74, 6) is -0.0467. The minimum Gasteiger partial charge on any atom is -0.382 e. The lowest BCUT2D eigenvalue weighted by molar-refractivity contribution is -0.137. The number of amides is 1. The summed E-state index contributed by atoms with van der Waals surface area (Å²) in [7, 11) is 1.64. The lowest BCUT2D eigenvalue weighted by Crippen LogP contribution is -2.26. The fraction of sp³-hybridized carbons (Fsp3) is 0.533. The molecule has 6 heteroatoms. The zero-order valence-electron chi connectivity index (χ0n) is 12.2. The molecule has 0 radical (unpaired) electrons. The molecule has 3 nitrogen and oxygen atoms in total. The summed E-state index contributed by atoms with van der Waals surface area (Å²) >= 11 is 0. The first kappa shape index (κ1) is 17.5. The predicted molar refractivity (Wildman–Crippen MR) is 73.6 cm³/mol. The van der Waals surface area contributed by atoms with Crippen LogP contribution < -0.4 is 0 Å². The molecule has 1 rings (SSSR count). The highest BCUT2D eigenvalue weighted by atomic mass is 19.4. The lowest BCUT2D eigenvalue weighted by Gasteiger charge is -2.17. The van der Waals surface area contributed by atoms with Crippen LogP contribution in [0.2, 0.25) is 0 Å². The normalized spacial score (nSPS) is 11.5. The van der Waals surface area contributed by atoms with Gasteiger partial charge in [-0.1, -0.05) is 12.1 Å². The van der Waals surface area contributed by atoms with Crippen LogP contribution in [0, 0.1) is 0 Å². The van der Waals surface area contributed by atoms with E-state index in [-0.39, 0.29) is 5.91 Å². The number of hydrogen-bond acceptors (Lipinski definition) is 2. The average Bonchev–Trinajstić information content (AvgIpc) is 2.43. The van der Waals surface area contributed by atoms with Gasteiger partial charge in [-0.2, -0.15) is 13.2 Å². The maximum absolute atomic E-state index is 12.4. The van der Waals surface area contributed by atoms with E-state index in [0.29, 0.717) is 38.2 Å². The van der Waals surface area contributed by atoms with Crippen molar-refractivity contribution in [1.82, 2.24) is 4.90 Å². The molecule has 21 heavy (non-hydrogen) atoms. The molecule has 0 heterocycles. The molecule has 0 aliphatic carbocycles. The van der Waals surface area contributed by atoms with Gasteiger partial charge < -0.3 is 9.64 Å². The Morgan fingerprint density at radius 3 is 2.38 bits per heavy atom. The first-order valence-corrected chi connectivity index (χ1v) is 6.82. The quantitative estimate of drug-likeness (QED) is 0.722. The van der Waals surface area contributed by atoms with Crippen molar-refractivity contribution in [2.75, 3.05) is 20.3 Å². The first-order valence-electron chi connectivity index (χ1n) is 6.82. The van der Waals surface area contributed by atoms with Gasteiger partial charge in [-0.25, -0.2) is 0 Å². The van der Waals surface area contributed by atoms with Crippen molar-refractivity contribution in [2.24, 2.45) is 0 Å². The van der Waals surface area contributed by atoms with Gasteiger partial charge in [-0.3, -0.25) is 4.79 Å². The Kier molecular flexibility index (Phi) is 6.68. The van der Waals surface area contributed by atoms with Crippen LogP contribution in [0.4, 0.5) is 13.2 Å². The molecule has 0 fully saturated rings. The molecule has 0 aromatic heterocycles. The van der Waals surface area contributed by atoms with E-state index in [9.17, 15) is 18.0 Å². The third-order valence-electron chi connectivity index (χ3n) is 3.01. The van der Waals surface area contributed by atoms with Gasteiger partial charge in [0.1, 0.15) is 0 Å². The standard InChI is InChI=1S/C15H20F3NO2/c1-3-21-10-4-5-14(20)19(2)11-12-6-8-13(9-7-12)15(16,17)18/h6-9H,3-5,10-11H2,1-2H3. The molecule has 0 aliphatic heterocycles. The van der Waals surface area contributed by atoms with Gasteiger partial charge in [-0.15, -0.1) is 0 Å². The number of benzene rings is 1. The highest BCUT2D eigenvalue weighted by molar-refractivity contribution is 5.75. The Hall–Kier alpha value is -1.56. The number of halogens is 3. The van der Waals surface area contributed by atoms with E-state index in [2.05, 4.69) is 0 Å². The molecule has 0 atom stereocenters. The molecule has 0 saturated carbocycles. The number of carbonyl (C=O) groups is 1. The van der Waals surface area contributed by atoms with Gasteiger partial charge in [0, 0.05) is 33.2 Å². The monoisotopic (exact) mass is 303 g/mol. The van der Waals surface area contributed by atoms with Crippen LogP contribution in [0.3, 0.4) is 0 Å². The molecule has 118 valence electrons. The maximum atomic E-state index is 12.4. The number of ether oxygens (including phenoxy) is 1. The van der Waals surface area contributed by atoms with Crippen molar-refractivity contribution in [2.45, 2.75) is 32.5 Å². The second-order valence-corrected chi connectivity index (χ2v) is 4.74. The summed E-state index contributed by atoms with van der Waals surface area (Å²) in [5, 5.41) is 0. The highest BCUT2D eigenvalue weighted by Crippen LogP contribution is 2.29. The SMILES string of the molecule is CCOCCCC(=O)N(C)Cc1ccc(C(F)(F)F)cc1. The number of hydrogen-bond donors (Lipinski definition) is 0. The third-order valence-corrected chi connectivity index (χ3v) is 3.01. The smallest absolute Gasteiger partial charge is 0.382 e. The van der Waals surface area contributed by atoms with E-state index in [1.807, 2.05) is 6.92 Å². The van der Waals surface area contributed by atoms with Crippen molar-refractivity contribution in [3.8, 4) is 0 Å². The Morgan fingerprint density at radius 2 is 1.86 bits per heavy atom. The zero-order chi connectivity index (χ0) is 15.9. The summed E-state index contributed by atoms with van der Waals surface area (Å²) in [4.78, 5) is 13.3. The molecule has 1 aromatic rings. The number of alkyl halides is 3. The first-order chi connectivity index (χ1) is 9.84. The van der Waals surface area contributed by atoms with E-state index >= 15 is 0 Å². The summed E-state index contributed by atoms with van der Waals surface area (Å²) in [6.07, 6.45) is -3.32. The van der Waals surface area contributed by atoms with Gasteiger partial charge in [0.15, 0.2) is 0 Å². The van der Waals surface area contributed by atoms with Crippen LogP contribution in [0.25, 0.3) is 0 Å². The van der Waals surface area contributed by atoms with Gasteiger partial charge in [0.2, 0.25) is 5.91 Å². The molecule has 0 saturated heterocycles. The largest absolute Gasteiger partial charge is 0.416 e. The van der Waals surface area contributed by atoms with Gasteiger partial charge in [0.25, 0.3) is 0 Å². The van der Waals surface area contributed by atoms with E-state index in [4.69, 9.17) is 4.74 Å². The minimum absolute atomic E-state index is 0.0467. The van der Waals surface area contributed by atoms with Gasteiger partial charge in [0.05, 0.1) is 5.56 Å². The second-order valence-electron chi connectivity index (χ2n) is 4.74. The van der Waals surface area contributed by atoms with Crippen LogP contribution in [0.15, 0.2) is 24.3 Å². The van der Waals surface area contributed by atoms with E-state index < -0.39 is 11.7 Å². The average molecular weight is 303 g/mol. The van der Waals surface area contributed by atoms with E-state index in [1.54, 1.807) is 7.05 Å². The molecular weight excluding hydrogens is 283 g/mol. The van der Waals surface area contributed by atoms with Crippen molar-refractivity contribution < 1.29 is 22.7 Å². The molecule has 0 unspecified atom stereocenters. The molecule has 0 bridgehead atoms. The number of nitrogens with zero attached hydrogens (tertiary/aromatic N) is 1. The summed E-state index contributed by atoms with van der Waals surface area (Å²) in [6, 6.07) is 4.85. The second kappa shape index (κ2) is 8.02. The van der Waals surface area contributed by atoms with E-state index in [0.717, 1.165) is 12.1 Å². The van der Waals surface area contributed by atoms with Crippen molar-refractivity contribution in [3.63, 3.8) is 0 Å². The fourth-order valence-electron chi connectivity index (χ4n) is 1.82. The van der Waals surface area contributed by atoms with Crippen molar-refractivity contribution in [1.29, 1.82) is 0 Å². The summed E-state index contributed by atoms with van der Waals surface area (Å²) < 4.78 is 42.5. The van der Waals surface area contributed by atoms with Gasteiger partial charge in [-0.05, 0) is 31.0 Å². The van der Waals surface area contributed by atoms with Crippen LogP contribution in [-0.4, -0.2) is 31.1 Å². The summed E-state index contributed by atoms with van der Waals surface area (Å²) in [6.45, 7) is 3.34. The number of rotatable bonds is 7. The minimum atomic E-state index is -4.33. The van der Waals surface area contributed by atoms with E-state index in [1.165, 1.54) is 17.0 Å². The molecule has 0 aliphatic rings. The molecule has 1 aromatic carbocycles. The Labute approximate surface area is 122 Å². The number of carbonyl (C=O) groups excluding carboxylic acids is 1. The van der Waals surface area contributed by atoms with Crippen LogP contribution in [-0.2, 0) is 22.3 Å². The Balaban J connectivity index is 2.47. The molecular formula is C15H20F3NO2. The molecule has 0 N–H and O–H groups in total. The van der Waals surface area contributed by atoms with Crippen LogP contribution >= 0.6 is 0 Å². The fourth-order valence-corrected chi connectivity index (χ4v) is 1.82. The van der Waals surface area contributed by atoms with Gasteiger partial charge >= 0.3 is 6.18 Å². The van der Waals surface area contributed by atoms with Crippen molar-refractivity contribution in [3.05, 3.63) is 35.4 Å². The Morgan fingerprint density at radius 1 is 1.24 bits per heavy atom. The third kappa shape index (κ3) is 6.16. The maximum Gasteiger partial charge on any atom is 0.416 e. The topological polar surface area (TPSA) is 29.5 Å². The van der Waals surface area contributed by atoms with Crippen molar-refractivity contribution >= 4 is 5.91 Å². The predicted octanol–water partition coefficient (Wildman–Crippen LogP) is 3.48. The zero-order valence-corrected chi connectivity index (χ0v) is 12.2. The molecule has 1 amide bonds. The lowest BCUT2D eigenvalue weighted by atomic mass is 10.1. The van der Waals surface area contributed by atoms with Crippen LogP contribution in [0.1, 0.15) is 30.9 Å².